The molecule has 4 aliphatic heterocycles. The summed E-state index contributed by atoms with van der Waals surface area (Å²) in [5.41, 5.74) is 7.16. The number of nitrogens with zero attached hydrogens (tertiary/aromatic N) is 5. The number of carbonyl (C=O) groups is 3. The molecular formula is C42H50N6O4. The Labute approximate surface area is 306 Å². The number of imide groups is 1. The normalized spacial score (nSPS) is 25.1. The summed E-state index contributed by atoms with van der Waals surface area (Å²) in [7, 11) is 0. The van der Waals surface area contributed by atoms with E-state index >= 15 is 0 Å². The molecule has 0 bridgehead atoms. The molecule has 3 saturated heterocycles. The Morgan fingerprint density at radius 2 is 1.58 bits per heavy atom. The first kappa shape index (κ1) is 33.4. The van der Waals surface area contributed by atoms with E-state index in [0.717, 1.165) is 58.1 Å². The Kier molecular flexibility index (Phi) is 8.68. The number of amides is 3. The van der Waals surface area contributed by atoms with Gasteiger partial charge in [0, 0.05) is 63.8 Å². The van der Waals surface area contributed by atoms with Gasteiger partial charge in [-0.1, -0.05) is 31.0 Å². The van der Waals surface area contributed by atoms with E-state index in [1.807, 2.05) is 24.3 Å². The minimum absolute atomic E-state index is 0.179. The Hall–Kier alpha value is -4.44. The van der Waals surface area contributed by atoms with Gasteiger partial charge in [0.1, 0.15) is 17.6 Å². The van der Waals surface area contributed by atoms with Crippen LogP contribution in [-0.4, -0.2) is 89.5 Å². The van der Waals surface area contributed by atoms with Gasteiger partial charge in [-0.25, -0.2) is 4.98 Å². The van der Waals surface area contributed by atoms with Gasteiger partial charge >= 0.3 is 0 Å². The fourth-order valence-electron chi connectivity index (χ4n) is 10.5. The molecule has 5 heterocycles. The number of aromatic hydroxyl groups is 1. The minimum Gasteiger partial charge on any atom is -0.508 e. The van der Waals surface area contributed by atoms with Crippen LogP contribution in [0.3, 0.4) is 0 Å². The van der Waals surface area contributed by atoms with Crippen molar-refractivity contribution < 1.29 is 19.5 Å². The summed E-state index contributed by atoms with van der Waals surface area (Å²) >= 11 is 0. The second-order valence-electron chi connectivity index (χ2n) is 16.3. The lowest BCUT2D eigenvalue weighted by Crippen LogP contribution is -2.52. The van der Waals surface area contributed by atoms with Crippen LogP contribution in [0.1, 0.15) is 96.4 Å². The monoisotopic (exact) mass is 702 g/mol. The Balaban J connectivity index is 0.773. The number of piperazine rings is 1. The van der Waals surface area contributed by atoms with E-state index in [0.29, 0.717) is 47.2 Å². The van der Waals surface area contributed by atoms with Crippen molar-refractivity contribution in [3.05, 3.63) is 82.5 Å². The number of pyridine rings is 1. The highest BCUT2D eigenvalue weighted by Gasteiger charge is 2.46. The zero-order valence-corrected chi connectivity index (χ0v) is 30.1. The highest BCUT2D eigenvalue weighted by molar-refractivity contribution is 6.05. The number of anilines is 2. The third-order valence-electron chi connectivity index (χ3n) is 13.3. The average molecular weight is 703 g/mol. The van der Waals surface area contributed by atoms with E-state index in [2.05, 4.69) is 50.3 Å². The zero-order chi connectivity index (χ0) is 35.4. The third kappa shape index (κ3) is 6.12. The number of phenols is 1. The molecule has 10 nitrogen and oxygen atoms in total. The number of benzene rings is 2. The molecule has 1 spiro atoms. The molecule has 9 rings (SSSR count). The maximum Gasteiger partial charge on any atom is 0.256 e. The fraction of sp³-hybridized carbons (Fsp3) is 0.524. The molecule has 0 radical (unpaired) electrons. The van der Waals surface area contributed by atoms with Crippen molar-refractivity contribution in [2.75, 3.05) is 55.6 Å². The molecule has 1 saturated carbocycles. The van der Waals surface area contributed by atoms with Gasteiger partial charge in [0.05, 0.1) is 17.8 Å². The third-order valence-corrected chi connectivity index (χ3v) is 13.3. The maximum absolute atomic E-state index is 13.1. The van der Waals surface area contributed by atoms with Gasteiger partial charge < -0.3 is 19.8 Å². The summed E-state index contributed by atoms with van der Waals surface area (Å²) in [6, 6.07) is 18.8. The van der Waals surface area contributed by atoms with Crippen molar-refractivity contribution in [1.29, 1.82) is 0 Å². The van der Waals surface area contributed by atoms with Crippen molar-refractivity contribution in [2.45, 2.75) is 82.7 Å². The van der Waals surface area contributed by atoms with Crippen molar-refractivity contribution in [3.63, 3.8) is 0 Å². The molecule has 6 aliphatic rings. The van der Waals surface area contributed by atoms with Crippen molar-refractivity contribution >= 4 is 29.2 Å². The molecule has 2 atom stereocenters. The Bertz CT molecular complexity index is 1860. The molecule has 4 fully saturated rings. The lowest BCUT2D eigenvalue weighted by atomic mass is 9.60. The van der Waals surface area contributed by atoms with Gasteiger partial charge in [-0.2, -0.15) is 0 Å². The summed E-state index contributed by atoms with van der Waals surface area (Å²) in [4.78, 5) is 51.1. The van der Waals surface area contributed by atoms with Gasteiger partial charge in [-0.3, -0.25) is 24.6 Å². The highest BCUT2D eigenvalue weighted by Crippen LogP contribution is 2.58. The molecule has 1 unspecified atom stereocenters. The molecule has 3 amide bonds. The lowest BCUT2D eigenvalue weighted by Gasteiger charge is -2.43. The van der Waals surface area contributed by atoms with Crippen LogP contribution in [0.25, 0.3) is 0 Å². The standard InChI is InChI=1S/C42H50N6O4/c49-32-7-8-33-30(25-32)13-18-42(16-1-2-17-42)39(33)29-3-5-31(6-4-29)46-19-14-28(15-20-46)26-45-21-23-47(24-22-45)37-11-9-34-35(43-37)27-48(41(34)52)36-10-12-38(50)44-40(36)51/h3-9,11,25,28,36,39,49H,1-2,10,12-24,26-27H2,(H,44,50,51)/t36?,39-/m1/s1. The van der Waals surface area contributed by atoms with Crippen LogP contribution >= 0.6 is 0 Å². The summed E-state index contributed by atoms with van der Waals surface area (Å²) < 4.78 is 0. The molecule has 2 aliphatic carbocycles. The van der Waals surface area contributed by atoms with Crippen molar-refractivity contribution in [1.82, 2.24) is 20.1 Å². The minimum atomic E-state index is -0.620. The number of hydrogen-bond acceptors (Lipinski definition) is 8. The summed E-state index contributed by atoms with van der Waals surface area (Å²) in [6.45, 7) is 7.40. The van der Waals surface area contributed by atoms with Gasteiger partial charge in [0.25, 0.3) is 5.91 Å². The summed E-state index contributed by atoms with van der Waals surface area (Å²) in [5.74, 6) is 1.53. The van der Waals surface area contributed by atoms with E-state index < -0.39 is 11.9 Å². The summed E-state index contributed by atoms with van der Waals surface area (Å²) in [6.07, 6.45) is 10.6. The maximum atomic E-state index is 13.1. The van der Waals surface area contributed by atoms with Crippen LogP contribution in [0, 0.1) is 11.3 Å². The molecule has 272 valence electrons. The molecule has 52 heavy (non-hydrogen) atoms. The van der Waals surface area contributed by atoms with E-state index in [4.69, 9.17) is 4.98 Å². The molecule has 10 heteroatoms. The Morgan fingerprint density at radius 1 is 0.808 bits per heavy atom. The topological polar surface area (TPSA) is 109 Å². The first-order valence-electron chi connectivity index (χ1n) is 19.6. The van der Waals surface area contributed by atoms with E-state index in [1.165, 1.54) is 67.3 Å². The number of phenolic OH excluding ortho intramolecular Hbond substituents is 1. The summed E-state index contributed by atoms with van der Waals surface area (Å²) in [5, 5.41) is 12.6. The number of aromatic nitrogens is 1. The smallest absolute Gasteiger partial charge is 0.256 e. The molecule has 2 N–H and O–H groups in total. The van der Waals surface area contributed by atoms with Crippen LogP contribution in [0.4, 0.5) is 11.5 Å². The zero-order valence-electron chi connectivity index (χ0n) is 30.1. The van der Waals surface area contributed by atoms with Crippen LogP contribution in [-0.2, 0) is 22.6 Å². The predicted molar refractivity (Wildman–Crippen MR) is 199 cm³/mol. The number of fused-ring (bicyclic) bond motifs is 2. The molecule has 1 aromatic heterocycles. The second-order valence-corrected chi connectivity index (χ2v) is 16.3. The molecule has 2 aromatic carbocycles. The molecular weight excluding hydrogens is 653 g/mol. The van der Waals surface area contributed by atoms with E-state index in [-0.39, 0.29) is 18.2 Å². The number of piperidine rings is 2. The predicted octanol–water partition coefficient (Wildman–Crippen LogP) is 5.23. The van der Waals surface area contributed by atoms with Crippen LogP contribution in [0.2, 0.25) is 0 Å². The fourth-order valence-corrected chi connectivity index (χ4v) is 10.5. The van der Waals surface area contributed by atoms with Crippen LogP contribution in [0.15, 0.2) is 54.6 Å². The van der Waals surface area contributed by atoms with Crippen LogP contribution < -0.4 is 15.1 Å². The number of carbonyl (C=O) groups excluding carboxylic acids is 3. The first-order valence-corrected chi connectivity index (χ1v) is 19.6. The molecule has 3 aromatic rings. The first-order chi connectivity index (χ1) is 25.3. The van der Waals surface area contributed by atoms with E-state index in [1.54, 1.807) is 4.90 Å². The number of aryl methyl sites for hydroxylation is 1. The van der Waals surface area contributed by atoms with E-state index in [9.17, 15) is 19.5 Å². The quantitative estimate of drug-likeness (QED) is 0.337. The Morgan fingerprint density at radius 3 is 2.33 bits per heavy atom. The van der Waals surface area contributed by atoms with Gasteiger partial charge in [0.15, 0.2) is 0 Å². The number of nitrogens with one attached hydrogen (secondary N) is 1. The average Bonchev–Trinajstić information content (AvgIpc) is 3.76. The SMILES string of the molecule is O=C1CCC(N2Cc3nc(N4CCN(CC5CCN(c6ccc([C@@H]7c8ccc(O)cc8CCC78CCCC8)cc6)CC5)CC4)ccc3C2=O)C(=O)N1. The van der Waals surface area contributed by atoms with Crippen molar-refractivity contribution in [2.24, 2.45) is 11.3 Å². The van der Waals surface area contributed by atoms with Gasteiger partial charge in [-0.15, -0.1) is 0 Å². The van der Waals surface area contributed by atoms with Gasteiger partial charge in [0.2, 0.25) is 11.8 Å². The second kappa shape index (κ2) is 13.5. The number of rotatable bonds is 6. The largest absolute Gasteiger partial charge is 0.508 e. The lowest BCUT2D eigenvalue weighted by molar-refractivity contribution is -0.136. The highest BCUT2D eigenvalue weighted by atomic mass is 16.3. The number of hydrogen-bond donors (Lipinski definition) is 2. The van der Waals surface area contributed by atoms with Gasteiger partial charge in [-0.05, 0) is 109 Å². The van der Waals surface area contributed by atoms with Crippen LogP contribution in [0.5, 0.6) is 5.75 Å². The van der Waals surface area contributed by atoms with Crippen molar-refractivity contribution in [3.8, 4) is 5.75 Å².